The molecule has 2 rings (SSSR count). The third kappa shape index (κ3) is 3.99. The fourth-order valence-electron chi connectivity index (χ4n) is 1.96. The van der Waals surface area contributed by atoms with Crippen molar-refractivity contribution in [3.05, 3.63) is 54.1 Å². The SMILES string of the molecule is COc1ccc(Nc2ccccc2C(=O)NC(C)C)cc1. The molecule has 0 aliphatic heterocycles. The Kier molecular flexibility index (Phi) is 4.82. The molecule has 2 aromatic carbocycles. The molecule has 0 saturated heterocycles. The summed E-state index contributed by atoms with van der Waals surface area (Å²) in [6.07, 6.45) is 0. The van der Waals surface area contributed by atoms with Crippen molar-refractivity contribution in [2.24, 2.45) is 0 Å². The van der Waals surface area contributed by atoms with Crippen molar-refractivity contribution in [2.45, 2.75) is 19.9 Å². The predicted molar refractivity (Wildman–Crippen MR) is 85.3 cm³/mol. The molecule has 21 heavy (non-hydrogen) atoms. The van der Waals surface area contributed by atoms with Crippen LogP contribution < -0.4 is 15.4 Å². The van der Waals surface area contributed by atoms with Gasteiger partial charge in [-0.15, -0.1) is 0 Å². The van der Waals surface area contributed by atoms with E-state index in [4.69, 9.17) is 4.74 Å². The van der Waals surface area contributed by atoms with Gasteiger partial charge in [-0.1, -0.05) is 12.1 Å². The second-order valence-corrected chi connectivity index (χ2v) is 5.03. The molecule has 0 saturated carbocycles. The fourth-order valence-corrected chi connectivity index (χ4v) is 1.96. The molecular weight excluding hydrogens is 264 g/mol. The summed E-state index contributed by atoms with van der Waals surface area (Å²) in [6, 6.07) is 15.1. The Morgan fingerprint density at radius 3 is 2.33 bits per heavy atom. The zero-order valence-electron chi connectivity index (χ0n) is 12.5. The van der Waals surface area contributed by atoms with Crippen LogP contribution in [0, 0.1) is 0 Å². The van der Waals surface area contributed by atoms with Crippen molar-refractivity contribution in [1.82, 2.24) is 5.32 Å². The van der Waals surface area contributed by atoms with Gasteiger partial charge in [0.05, 0.1) is 18.4 Å². The molecule has 0 aromatic heterocycles. The van der Waals surface area contributed by atoms with Gasteiger partial charge in [0.25, 0.3) is 5.91 Å². The number of carbonyl (C=O) groups is 1. The lowest BCUT2D eigenvalue weighted by molar-refractivity contribution is 0.0944. The molecule has 110 valence electrons. The zero-order chi connectivity index (χ0) is 15.2. The molecule has 4 nitrogen and oxygen atoms in total. The molecule has 2 N–H and O–H groups in total. The van der Waals surface area contributed by atoms with Gasteiger partial charge in [0.1, 0.15) is 5.75 Å². The maximum atomic E-state index is 12.2. The lowest BCUT2D eigenvalue weighted by atomic mass is 10.1. The Bertz CT molecular complexity index is 606. The van der Waals surface area contributed by atoms with Crippen molar-refractivity contribution in [3.63, 3.8) is 0 Å². The highest BCUT2D eigenvalue weighted by atomic mass is 16.5. The largest absolute Gasteiger partial charge is 0.497 e. The van der Waals surface area contributed by atoms with Crippen LogP contribution in [0.15, 0.2) is 48.5 Å². The van der Waals surface area contributed by atoms with E-state index in [9.17, 15) is 4.79 Å². The van der Waals surface area contributed by atoms with E-state index in [2.05, 4.69) is 10.6 Å². The number of nitrogens with one attached hydrogen (secondary N) is 2. The first-order chi connectivity index (χ1) is 10.1. The molecular formula is C17H20N2O2. The average Bonchev–Trinajstić information content (AvgIpc) is 2.48. The van der Waals surface area contributed by atoms with Gasteiger partial charge in [-0.25, -0.2) is 0 Å². The van der Waals surface area contributed by atoms with Gasteiger partial charge in [0, 0.05) is 11.7 Å². The number of anilines is 2. The quantitative estimate of drug-likeness (QED) is 0.882. The molecule has 2 aromatic rings. The van der Waals surface area contributed by atoms with Crippen molar-refractivity contribution in [3.8, 4) is 5.75 Å². The standard InChI is InChI=1S/C17H20N2O2/c1-12(2)18-17(20)15-6-4-5-7-16(15)19-13-8-10-14(21-3)11-9-13/h4-12,19H,1-3H3,(H,18,20). The highest BCUT2D eigenvalue weighted by molar-refractivity contribution is 6.00. The molecule has 0 aliphatic rings. The van der Waals surface area contributed by atoms with E-state index in [1.807, 2.05) is 62.4 Å². The molecule has 0 radical (unpaired) electrons. The summed E-state index contributed by atoms with van der Waals surface area (Å²) < 4.78 is 5.13. The number of amides is 1. The van der Waals surface area contributed by atoms with Crippen LogP contribution in [0.4, 0.5) is 11.4 Å². The third-order valence-corrected chi connectivity index (χ3v) is 2.96. The minimum absolute atomic E-state index is 0.0818. The normalized spacial score (nSPS) is 10.3. The highest BCUT2D eigenvalue weighted by Gasteiger charge is 2.11. The smallest absolute Gasteiger partial charge is 0.253 e. The van der Waals surface area contributed by atoms with Crippen molar-refractivity contribution >= 4 is 17.3 Å². The Morgan fingerprint density at radius 2 is 1.71 bits per heavy atom. The molecule has 0 aliphatic carbocycles. The monoisotopic (exact) mass is 284 g/mol. The number of para-hydroxylation sites is 1. The van der Waals surface area contributed by atoms with Crippen molar-refractivity contribution in [1.29, 1.82) is 0 Å². The average molecular weight is 284 g/mol. The third-order valence-electron chi connectivity index (χ3n) is 2.96. The van der Waals surface area contributed by atoms with Gasteiger partial charge in [-0.2, -0.15) is 0 Å². The number of benzene rings is 2. The number of carbonyl (C=O) groups excluding carboxylic acids is 1. The van der Waals surface area contributed by atoms with Crippen LogP contribution >= 0.6 is 0 Å². The Morgan fingerprint density at radius 1 is 1.05 bits per heavy atom. The van der Waals surface area contributed by atoms with Crippen LogP contribution in [-0.4, -0.2) is 19.1 Å². The Labute approximate surface area is 125 Å². The van der Waals surface area contributed by atoms with Gasteiger partial charge in [0.15, 0.2) is 0 Å². The zero-order valence-corrected chi connectivity index (χ0v) is 12.5. The van der Waals surface area contributed by atoms with Gasteiger partial charge < -0.3 is 15.4 Å². The first-order valence-electron chi connectivity index (χ1n) is 6.91. The van der Waals surface area contributed by atoms with Crippen LogP contribution in [0.25, 0.3) is 0 Å². The lowest BCUT2D eigenvalue weighted by Crippen LogP contribution is -2.30. The summed E-state index contributed by atoms with van der Waals surface area (Å²) in [6.45, 7) is 3.88. The first-order valence-corrected chi connectivity index (χ1v) is 6.91. The number of rotatable bonds is 5. The number of hydrogen-bond acceptors (Lipinski definition) is 3. The minimum atomic E-state index is -0.0818. The Balaban J connectivity index is 2.21. The molecule has 1 amide bonds. The minimum Gasteiger partial charge on any atom is -0.497 e. The molecule has 0 spiro atoms. The second kappa shape index (κ2) is 6.79. The highest BCUT2D eigenvalue weighted by Crippen LogP contribution is 2.22. The van der Waals surface area contributed by atoms with E-state index >= 15 is 0 Å². The molecule has 0 bridgehead atoms. The summed E-state index contributed by atoms with van der Waals surface area (Å²) in [4.78, 5) is 12.2. The number of hydrogen-bond donors (Lipinski definition) is 2. The van der Waals surface area contributed by atoms with Crippen LogP contribution in [-0.2, 0) is 0 Å². The first kappa shape index (κ1) is 14.9. The summed E-state index contributed by atoms with van der Waals surface area (Å²) in [7, 11) is 1.63. The molecule has 0 unspecified atom stereocenters. The summed E-state index contributed by atoms with van der Waals surface area (Å²) in [5.41, 5.74) is 2.31. The van der Waals surface area contributed by atoms with E-state index in [0.717, 1.165) is 17.1 Å². The predicted octanol–water partition coefficient (Wildman–Crippen LogP) is 3.58. The van der Waals surface area contributed by atoms with Crippen LogP contribution in [0.3, 0.4) is 0 Å². The van der Waals surface area contributed by atoms with Gasteiger partial charge >= 0.3 is 0 Å². The van der Waals surface area contributed by atoms with E-state index < -0.39 is 0 Å². The second-order valence-electron chi connectivity index (χ2n) is 5.03. The van der Waals surface area contributed by atoms with Gasteiger partial charge in [-0.05, 0) is 50.2 Å². The fraction of sp³-hybridized carbons (Fsp3) is 0.235. The molecule has 0 heterocycles. The maximum Gasteiger partial charge on any atom is 0.253 e. The number of methoxy groups -OCH3 is 1. The van der Waals surface area contributed by atoms with Gasteiger partial charge in [-0.3, -0.25) is 4.79 Å². The van der Waals surface area contributed by atoms with Crippen molar-refractivity contribution in [2.75, 3.05) is 12.4 Å². The summed E-state index contributed by atoms with van der Waals surface area (Å²) in [5, 5.41) is 6.17. The lowest BCUT2D eigenvalue weighted by Gasteiger charge is -2.14. The van der Waals surface area contributed by atoms with E-state index in [1.54, 1.807) is 7.11 Å². The van der Waals surface area contributed by atoms with E-state index in [-0.39, 0.29) is 11.9 Å². The summed E-state index contributed by atoms with van der Waals surface area (Å²) in [5.74, 6) is 0.716. The van der Waals surface area contributed by atoms with Crippen LogP contribution in [0.2, 0.25) is 0 Å². The topological polar surface area (TPSA) is 50.4 Å². The van der Waals surface area contributed by atoms with E-state index in [0.29, 0.717) is 5.56 Å². The molecule has 0 atom stereocenters. The maximum absolute atomic E-state index is 12.2. The molecule has 0 fully saturated rings. The van der Waals surface area contributed by atoms with Crippen molar-refractivity contribution < 1.29 is 9.53 Å². The Hall–Kier alpha value is -2.49. The molecule has 4 heteroatoms. The van der Waals surface area contributed by atoms with Gasteiger partial charge in [0.2, 0.25) is 0 Å². The number of ether oxygens (including phenoxy) is 1. The van der Waals surface area contributed by atoms with Crippen LogP contribution in [0.5, 0.6) is 5.75 Å². The van der Waals surface area contributed by atoms with E-state index in [1.165, 1.54) is 0 Å². The van der Waals surface area contributed by atoms with Crippen LogP contribution in [0.1, 0.15) is 24.2 Å². The summed E-state index contributed by atoms with van der Waals surface area (Å²) >= 11 is 0.